The number of hydrogen-bond acceptors (Lipinski definition) is 3. The first-order valence-electron chi connectivity index (χ1n) is 8.74. The number of nitrogens with one attached hydrogen (secondary N) is 1. The molecule has 2 atom stereocenters. The minimum absolute atomic E-state index is 0.0273. The molecule has 3 rings (SSSR count). The smallest absolute Gasteiger partial charge is 0.227 e. The van der Waals surface area contributed by atoms with Crippen molar-refractivity contribution in [2.24, 2.45) is 0 Å². The molecule has 128 valence electrons. The zero-order valence-corrected chi connectivity index (χ0v) is 14.2. The Kier molecular flexibility index (Phi) is 5.83. The summed E-state index contributed by atoms with van der Waals surface area (Å²) in [5.41, 5.74) is 1.06. The molecule has 0 radical (unpaired) electrons. The van der Waals surface area contributed by atoms with Gasteiger partial charge in [0.05, 0.1) is 12.5 Å². The van der Waals surface area contributed by atoms with Gasteiger partial charge in [0.15, 0.2) is 6.29 Å². The zero-order valence-electron chi connectivity index (χ0n) is 14.2. The summed E-state index contributed by atoms with van der Waals surface area (Å²) in [5.74, 6) is -0.165. The van der Waals surface area contributed by atoms with Crippen LogP contribution in [0.3, 0.4) is 0 Å². The van der Waals surface area contributed by atoms with Crippen molar-refractivity contribution in [2.45, 2.75) is 38.4 Å². The van der Waals surface area contributed by atoms with E-state index in [0.717, 1.165) is 42.2 Å². The molecule has 2 unspecified atom stereocenters. The second-order valence-corrected chi connectivity index (χ2v) is 6.25. The molecular weight excluding hydrogens is 302 g/mol. The van der Waals surface area contributed by atoms with Crippen LogP contribution in [0.2, 0.25) is 0 Å². The van der Waals surface area contributed by atoms with Crippen LogP contribution >= 0.6 is 0 Å². The summed E-state index contributed by atoms with van der Waals surface area (Å²) in [4.78, 5) is 12.4. The maximum atomic E-state index is 12.4. The van der Waals surface area contributed by atoms with Gasteiger partial charge in [0, 0.05) is 13.2 Å². The molecule has 4 heteroatoms. The van der Waals surface area contributed by atoms with Gasteiger partial charge in [-0.1, -0.05) is 42.5 Å². The molecule has 0 saturated carbocycles. The van der Waals surface area contributed by atoms with Crippen molar-refractivity contribution >= 4 is 16.7 Å². The number of carbonyl (C=O) groups is 1. The summed E-state index contributed by atoms with van der Waals surface area (Å²) in [6.07, 6.45) is 3.10. The van der Waals surface area contributed by atoms with Gasteiger partial charge < -0.3 is 14.8 Å². The minimum Gasteiger partial charge on any atom is -0.353 e. The van der Waals surface area contributed by atoms with Gasteiger partial charge in [0.2, 0.25) is 5.91 Å². The predicted octanol–water partition coefficient (Wildman–Crippen LogP) is 3.60. The van der Waals surface area contributed by atoms with Crippen LogP contribution in [-0.4, -0.2) is 32.0 Å². The highest BCUT2D eigenvalue weighted by molar-refractivity contribution is 5.92. The lowest BCUT2D eigenvalue weighted by molar-refractivity contribution is -0.161. The molecule has 1 fully saturated rings. The van der Waals surface area contributed by atoms with E-state index >= 15 is 0 Å². The molecule has 1 amide bonds. The normalized spacial score (nSPS) is 19.1. The van der Waals surface area contributed by atoms with Crippen LogP contribution in [0.15, 0.2) is 42.5 Å². The summed E-state index contributed by atoms with van der Waals surface area (Å²) < 4.78 is 11.2. The van der Waals surface area contributed by atoms with Crippen LogP contribution in [-0.2, 0) is 14.3 Å². The predicted molar refractivity (Wildman–Crippen MR) is 94.9 cm³/mol. The van der Waals surface area contributed by atoms with Crippen LogP contribution in [0.5, 0.6) is 0 Å². The summed E-state index contributed by atoms with van der Waals surface area (Å²) in [6.45, 7) is 3.71. The first kappa shape index (κ1) is 16.9. The zero-order chi connectivity index (χ0) is 16.8. The van der Waals surface area contributed by atoms with Crippen LogP contribution in [0.25, 0.3) is 10.8 Å². The first-order chi connectivity index (χ1) is 11.8. The van der Waals surface area contributed by atoms with Gasteiger partial charge in [0.1, 0.15) is 0 Å². The van der Waals surface area contributed by atoms with E-state index in [-0.39, 0.29) is 18.1 Å². The van der Waals surface area contributed by atoms with E-state index in [9.17, 15) is 4.79 Å². The van der Waals surface area contributed by atoms with Crippen molar-refractivity contribution in [3.63, 3.8) is 0 Å². The highest BCUT2D eigenvalue weighted by Crippen LogP contribution is 2.25. The fourth-order valence-electron chi connectivity index (χ4n) is 3.13. The molecule has 4 nitrogen and oxygen atoms in total. The maximum Gasteiger partial charge on any atom is 0.227 e. The number of fused-ring (bicyclic) bond motifs is 1. The SMILES string of the molecule is CC(C(=O)NCCOC1CCCCO1)c1cccc2ccccc12. The van der Waals surface area contributed by atoms with Gasteiger partial charge in [-0.3, -0.25) is 4.79 Å². The van der Waals surface area contributed by atoms with Gasteiger partial charge in [0.25, 0.3) is 0 Å². The van der Waals surface area contributed by atoms with Crippen molar-refractivity contribution < 1.29 is 14.3 Å². The van der Waals surface area contributed by atoms with E-state index in [0.29, 0.717) is 13.2 Å². The Morgan fingerprint density at radius 2 is 2.08 bits per heavy atom. The maximum absolute atomic E-state index is 12.4. The largest absolute Gasteiger partial charge is 0.353 e. The molecule has 1 N–H and O–H groups in total. The molecule has 0 aromatic heterocycles. The van der Waals surface area contributed by atoms with Crippen LogP contribution in [0.1, 0.15) is 37.7 Å². The first-order valence-corrected chi connectivity index (χ1v) is 8.74. The highest BCUT2D eigenvalue weighted by Gasteiger charge is 2.18. The van der Waals surface area contributed by atoms with Crippen LogP contribution in [0, 0.1) is 0 Å². The summed E-state index contributed by atoms with van der Waals surface area (Å²) >= 11 is 0. The molecule has 1 heterocycles. The van der Waals surface area contributed by atoms with E-state index in [1.54, 1.807) is 0 Å². The minimum atomic E-state index is -0.193. The number of amides is 1. The molecule has 2 aromatic rings. The standard InChI is InChI=1S/C20H25NO3/c1-15(17-10-6-8-16-7-2-3-9-18(16)17)20(22)21-12-14-24-19-11-4-5-13-23-19/h2-3,6-10,15,19H,4-5,11-14H2,1H3,(H,21,22). The Morgan fingerprint density at radius 1 is 1.25 bits per heavy atom. The van der Waals surface area contributed by atoms with Gasteiger partial charge >= 0.3 is 0 Å². The van der Waals surface area contributed by atoms with Crippen LogP contribution in [0.4, 0.5) is 0 Å². The van der Waals surface area contributed by atoms with Crippen molar-refractivity contribution in [2.75, 3.05) is 19.8 Å². The Hall–Kier alpha value is -1.91. The Morgan fingerprint density at radius 3 is 2.92 bits per heavy atom. The average molecular weight is 327 g/mol. The molecule has 2 aromatic carbocycles. The molecule has 0 aliphatic carbocycles. The molecule has 1 aliphatic rings. The molecule has 0 bridgehead atoms. The number of ether oxygens (including phenoxy) is 2. The Bertz CT molecular complexity index is 674. The molecule has 24 heavy (non-hydrogen) atoms. The van der Waals surface area contributed by atoms with Gasteiger partial charge in [-0.05, 0) is 42.5 Å². The monoisotopic (exact) mass is 327 g/mol. The summed E-state index contributed by atoms with van der Waals surface area (Å²) in [6, 6.07) is 14.3. The highest BCUT2D eigenvalue weighted by atomic mass is 16.7. The molecule has 1 aliphatic heterocycles. The number of hydrogen-bond donors (Lipinski definition) is 1. The van der Waals surface area contributed by atoms with Gasteiger partial charge in [-0.2, -0.15) is 0 Å². The molecule has 1 saturated heterocycles. The number of carbonyl (C=O) groups excluding carboxylic acids is 1. The van der Waals surface area contributed by atoms with E-state index < -0.39 is 0 Å². The van der Waals surface area contributed by atoms with Crippen LogP contribution < -0.4 is 5.32 Å². The lowest BCUT2D eigenvalue weighted by Crippen LogP contribution is -2.33. The average Bonchev–Trinajstić information content (AvgIpc) is 2.65. The fourth-order valence-corrected chi connectivity index (χ4v) is 3.13. The lowest BCUT2D eigenvalue weighted by Gasteiger charge is -2.23. The lowest BCUT2D eigenvalue weighted by atomic mass is 9.94. The third-order valence-corrected chi connectivity index (χ3v) is 4.53. The quantitative estimate of drug-likeness (QED) is 0.825. The summed E-state index contributed by atoms with van der Waals surface area (Å²) in [5, 5.41) is 5.26. The van der Waals surface area contributed by atoms with Crippen molar-refractivity contribution in [1.29, 1.82) is 0 Å². The Balaban J connectivity index is 1.52. The summed E-state index contributed by atoms with van der Waals surface area (Å²) in [7, 11) is 0. The van der Waals surface area contributed by atoms with E-state index in [1.807, 2.05) is 31.2 Å². The van der Waals surface area contributed by atoms with E-state index in [4.69, 9.17) is 9.47 Å². The number of rotatable bonds is 6. The topological polar surface area (TPSA) is 47.6 Å². The third-order valence-electron chi connectivity index (χ3n) is 4.53. The van der Waals surface area contributed by atoms with Crippen molar-refractivity contribution in [3.8, 4) is 0 Å². The molecular formula is C20H25NO3. The molecule has 0 spiro atoms. The van der Waals surface area contributed by atoms with Crippen molar-refractivity contribution in [1.82, 2.24) is 5.32 Å². The fraction of sp³-hybridized carbons (Fsp3) is 0.450. The third kappa shape index (κ3) is 4.13. The number of benzene rings is 2. The second kappa shape index (κ2) is 8.27. The van der Waals surface area contributed by atoms with Gasteiger partial charge in [-0.15, -0.1) is 0 Å². The van der Waals surface area contributed by atoms with E-state index in [2.05, 4.69) is 23.5 Å². The Labute approximate surface area is 143 Å². The van der Waals surface area contributed by atoms with Gasteiger partial charge in [-0.25, -0.2) is 0 Å². The van der Waals surface area contributed by atoms with Crippen molar-refractivity contribution in [3.05, 3.63) is 48.0 Å². The second-order valence-electron chi connectivity index (χ2n) is 6.25. The van der Waals surface area contributed by atoms with E-state index in [1.165, 1.54) is 0 Å².